The molecule has 7 heteroatoms. The zero-order chi connectivity index (χ0) is 18.8. The van der Waals surface area contributed by atoms with E-state index in [1.165, 1.54) is 0 Å². The number of H-pyrrole nitrogens is 1. The van der Waals surface area contributed by atoms with Gasteiger partial charge in [-0.1, -0.05) is 12.1 Å². The molecule has 3 aromatic rings. The first-order valence-electron chi connectivity index (χ1n) is 9.18. The van der Waals surface area contributed by atoms with Crippen molar-refractivity contribution < 1.29 is 9.90 Å². The highest BCUT2D eigenvalue weighted by molar-refractivity contribution is 6.01. The van der Waals surface area contributed by atoms with Crippen molar-refractivity contribution in [3.05, 3.63) is 41.2 Å². The highest BCUT2D eigenvalue weighted by Gasteiger charge is 2.38. The van der Waals surface area contributed by atoms with Crippen molar-refractivity contribution >= 4 is 22.8 Å². The number of para-hydroxylation sites is 1. The smallest absolute Gasteiger partial charge is 0.253 e. The van der Waals surface area contributed by atoms with E-state index in [1.807, 2.05) is 31.2 Å². The molecule has 5 rings (SSSR count). The van der Waals surface area contributed by atoms with Gasteiger partial charge in [0.05, 0.1) is 35.1 Å². The molecule has 0 spiro atoms. The molecule has 1 atom stereocenters. The van der Waals surface area contributed by atoms with Crippen LogP contribution in [0.5, 0.6) is 0 Å². The summed E-state index contributed by atoms with van der Waals surface area (Å²) < 4.78 is 0. The summed E-state index contributed by atoms with van der Waals surface area (Å²) in [6, 6.07) is 7.29. The molecule has 27 heavy (non-hydrogen) atoms. The largest absolute Gasteiger partial charge is 0.394 e. The van der Waals surface area contributed by atoms with Crippen LogP contribution in [0.25, 0.3) is 22.3 Å². The van der Waals surface area contributed by atoms with Crippen molar-refractivity contribution in [3.8, 4) is 11.3 Å². The van der Waals surface area contributed by atoms with Crippen LogP contribution in [-0.4, -0.2) is 38.1 Å². The second kappa shape index (κ2) is 5.53. The number of aromatic nitrogens is 3. The summed E-state index contributed by atoms with van der Waals surface area (Å²) in [7, 11) is 0. The van der Waals surface area contributed by atoms with Gasteiger partial charge in [0.25, 0.3) is 5.91 Å². The monoisotopic (exact) mass is 363 g/mol. The first-order chi connectivity index (χ1) is 13.0. The summed E-state index contributed by atoms with van der Waals surface area (Å²) >= 11 is 0. The topological polar surface area (TPSA) is 103 Å². The van der Waals surface area contributed by atoms with E-state index in [4.69, 9.17) is 9.97 Å². The van der Waals surface area contributed by atoms with Crippen LogP contribution in [-0.2, 0) is 0 Å². The molecule has 1 amide bonds. The van der Waals surface area contributed by atoms with E-state index in [2.05, 4.69) is 22.5 Å². The number of fused-ring (bicyclic) bond motifs is 2. The van der Waals surface area contributed by atoms with Crippen LogP contribution in [0.4, 0.5) is 5.82 Å². The highest BCUT2D eigenvalue weighted by atomic mass is 16.3. The van der Waals surface area contributed by atoms with Gasteiger partial charge in [-0.15, -0.1) is 0 Å². The van der Waals surface area contributed by atoms with Gasteiger partial charge in [0.2, 0.25) is 0 Å². The van der Waals surface area contributed by atoms with Gasteiger partial charge in [-0.25, -0.2) is 9.97 Å². The van der Waals surface area contributed by atoms with Crippen LogP contribution in [0.3, 0.4) is 0 Å². The van der Waals surface area contributed by atoms with Gasteiger partial charge in [0.15, 0.2) is 0 Å². The van der Waals surface area contributed by atoms with Crippen LogP contribution in [0.1, 0.15) is 47.6 Å². The van der Waals surface area contributed by atoms with Gasteiger partial charge < -0.3 is 20.7 Å². The van der Waals surface area contributed by atoms with Crippen molar-refractivity contribution in [2.75, 3.05) is 11.9 Å². The van der Waals surface area contributed by atoms with E-state index in [0.29, 0.717) is 5.56 Å². The number of nitrogens with one attached hydrogen (secondary N) is 3. The van der Waals surface area contributed by atoms with Gasteiger partial charge >= 0.3 is 0 Å². The maximum Gasteiger partial charge on any atom is 0.253 e. The lowest BCUT2D eigenvalue weighted by Gasteiger charge is -2.15. The van der Waals surface area contributed by atoms with Gasteiger partial charge in [-0.3, -0.25) is 4.79 Å². The molecule has 0 radical (unpaired) electrons. The molecule has 0 bridgehead atoms. The predicted octanol–water partition coefficient (Wildman–Crippen LogP) is 2.67. The molecule has 3 heterocycles. The Morgan fingerprint density at radius 1 is 1.30 bits per heavy atom. The Balaban J connectivity index is 1.64. The van der Waals surface area contributed by atoms with Gasteiger partial charge in [-0.05, 0) is 38.8 Å². The lowest BCUT2D eigenvalue weighted by Crippen LogP contribution is -2.22. The van der Waals surface area contributed by atoms with E-state index in [-0.39, 0.29) is 18.1 Å². The Labute approximate surface area is 156 Å². The Hall–Kier alpha value is -2.93. The number of anilines is 1. The summed E-state index contributed by atoms with van der Waals surface area (Å²) in [5, 5.41) is 15.8. The number of aliphatic hydroxyl groups excluding tert-OH is 1. The van der Waals surface area contributed by atoms with Gasteiger partial charge in [0, 0.05) is 16.8 Å². The van der Waals surface area contributed by atoms with Gasteiger partial charge in [-0.2, -0.15) is 0 Å². The molecule has 4 N–H and O–H groups in total. The number of hydrogen-bond acceptors (Lipinski definition) is 5. The predicted molar refractivity (Wildman–Crippen MR) is 103 cm³/mol. The number of nitrogens with zero attached hydrogens (tertiary/aromatic N) is 2. The second-order valence-electron chi connectivity index (χ2n) is 7.74. The lowest BCUT2D eigenvalue weighted by molar-refractivity contribution is 0.0942. The lowest BCUT2D eigenvalue weighted by atomic mass is 10.1. The first-order valence-corrected chi connectivity index (χ1v) is 9.18. The fraction of sp³-hybridized carbons (Fsp3) is 0.350. The first kappa shape index (κ1) is 16.3. The van der Waals surface area contributed by atoms with Gasteiger partial charge in [0.1, 0.15) is 11.3 Å². The number of benzene rings is 1. The molecule has 2 aromatic heterocycles. The molecule has 1 aromatic carbocycles. The summed E-state index contributed by atoms with van der Waals surface area (Å²) in [4.78, 5) is 25.0. The van der Waals surface area contributed by atoms with Crippen LogP contribution >= 0.6 is 0 Å². The summed E-state index contributed by atoms with van der Waals surface area (Å²) in [6.07, 6.45) is 2.27. The number of hydrogen-bond donors (Lipinski definition) is 4. The Morgan fingerprint density at radius 2 is 2.11 bits per heavy atom. The van der Waals surface area contributed by atoms with Crippen LogP contribution in [0.2, 0.25) is 0 Å². The molecule has 2 aliphatic rings. The van der Waals surface area contributed by atoms with E-state index in [1.54, 1.807) is 0 Å². The molecule has 1 fully saturated rings. The Morgan fingerprint density at radius 3 is 2.85 bits per heavy atom. The third kappa shape index (κ3) is 2.57. The SMILES string of the molecule is Cc1nc2cccc(-c3cc4c([nH]3)C(CO)NC4=O)c2nc1NC1(C)CC1. The summed E-state index contributed by atoms with van der Waals surface area (Å²) in [5.41, 5.74) is 5.58. The minimum Gasteiger partial charge on any atom is -0.394 e. The molecule has 138 valence electrons. The van der Waals surface area contributed by atoms with Crippen LogP contribution in [0, 0.1) is 6.92 Å². The van der Waals surface area contributed by atoms with Crippen LogP contribution in [0.15, 0.2) is 24.3 Å². The molecule has 0 saturated heterocycles. The van der Waals surface area contributed by atoms with E-state index in [0.717, 1.165) is 52.3 Å². The molecule has 1 aliphatic heterocycles. The quantitative estimate of drug-likeness (QED) is 0.571. The number of carbonyl (C=O) groups excluding carboxylic acids is 1. The summed E-state index contributed by atoms with van der Waals surface area (Å²) in [5.74, 6) is 0.637. The number of aryl methyl sites for hydroxylation is 1. The second-order valence-corrected chi connectivity index (χ2v) is 7.74. The number of carbonyl (C=O) groups is 1. The zero-order valence-corrected chi connectivity index (χ0v) is 15.3. The van der Waals surface area contributed by atoms with E-state index >= 15 is 0 Å². The third-order valence-corrected chi connectivity index (χ3v) is 5.51. The fourth-order valence-corrected chi connectivity index (χ4v) is 3.62. The van der Waals surface area contributed by atoms with E-state index < -0.39 is 6.04 Å². The Kier molecular flexibility index (Phi) is 3.33. The molecular formula is C20H21N5O2. The van der Waals surface area contributed by atoms with Crippen molar-refractivity contribution in [3.63, 3.8) is 0 Å². The average Bonchev–Trinajstić information content (AvgIpc) is 3.10. The standard InChI is InChI=1S/C20H21N5O2/c1-10-18(25-20(2)6-7-20)24-16-11(4-3-5-13(16)21-10)14-8-12-17(22-14)15(9-26)23-19(12)27/h3-5,8,15,22,26H,6-7,9H2,1-2H3,(H,23,27)(H,24,25). The van der Waals surface area contributed by atoms with E-state index in [9.17, 15) is 9.90 Å². The third-order valence-electron chi connectivity index (χ3n) is 5.51. The number of rotatable bonds is 4. The summed E-state index contributed by atoms with van der Waals surface area (Å²) in [6.45, 7) is 4.01. The molecule has 1 saturated carbocycles. The zero-order valence-electron chi connectivity index (χ0n) is 15.3. The van der Waals surface area contributed by atoms with Crippen molar-refractivity contribution in [2.45, 2.75) is 38.3 Å². The van der Waals surface area contributed by atoms with Crippen molar-refractivity contribution in [1.29, 1.82) is 0 Å². The molecule has 7 nitrogen and oxygen atoms in total. The maximum absolute atomic E-state index is 12.1. The fourth-order valence-electron chi connectivity index (χ4n) is 3.62. The minimum atomic E-state index is -0.392. The maximum atomic E-state index is 12.1. The minimum absolute atomic E-state index is 0.113. The molecule has 1 unspecified atom stereocenters. The van der Waals surface area contributed by atoms with Crippen molar-refractivity contribution in [2.24, 2.45) is 0 Å². The normalized spacial score (nSPS) is 19.8. The molecule has 1 aliphatic carbocycles. The average molecular weight is 363 g/mol. The Bertz CT molecular complexity index is 1080. The van der Waals surface area contributed by atoms with Crippen molar-refractivity contribution in [1.82, 2.24) is 20.3 Å². The number of aromatic amines is 1. The highest BCUT2D eigenvalue weighted by Crippen LogP contribution is 2.39. The number of amides is 1. The number of aliphatic hydroxyl groups is 1. The van der Waals surface area contributed by atoms with Crippen LogP contribution < -0.4 is 10.6 Å². The molecular weight excluding hydrogens is 342 g/mol.